The Kier molecular flexibility index (Phi) is 5.63. The van der Waals surface area contributed by atoms with Gasteiger partial charge in [0.25, 0.3) is 0 Å². The first-order chi connectivity index (χ1) is 11.4. The minimum Gasteiger partial charge on any atom is -0.328 e. The van der Waals surface area contributed by atoms with Crippen molar-refractivity contribution in [3.63, 3.8) is 0 Å². The molecule has 0 saturated carbocycles. The molecule has 2 rings (SSSR count). The Labute approximate surface area is 139 Å². The van der Waals surface area contributed by atoms with E-state index in [4.69, 9.17) is 0 Å². The molecule has 2 aromatic carbocycles. The molecule has 6 heteroatoms. The molecule has 0 aliphatic heterocycles. The second-order valence-electron chi connectivity index (χ2n) is 5.60. The highest BCUT2D eigenvalue weighted by Crippen LogP contribution is 2.14. The fourth-order valence-corrected chi connectivity index (χ4v) is 2.16. The lowest BCUT2D eigenvalue weighted by atomic mass is 10.2. The van der Waals surface area contributed by atoms with Gasteiger partial charge < -0.3 is 10.2 Å². The fraction of sp³-hybridized carbons (Fsp3) is 0.222. The first kappa shape index (κ1) is 17.6. The zero-order valence-electron chi connectivity index (χ0n) is 13.4. The Morgan fingerprint density at radius 1 is 1.04 bits per heavy atom. The van der Waals surface area contributed by atoms with Gasteiger partial charge in [-0.05, 0) is 31.5 Å². The second-order valence-corrected chi connectivity index (χ2v) is 5.60. The fourth-order valence-electron chi connectivity index (χ4n) is 2.16. The van der Waals surface area contributed by atoms with E-state index in [0.29, 0.717) is 0 Å². The van der Waals surface area contributed by atoms with Crippen LogP contribution >= 0.6 is 0 Å². The SMILES string of the molecule is CC(C)N(Cc1ccccc1)C(=O)C(=O)Nc1ccc(F)c(F)c1. The molecular formula is C18H18F2N2O2. The number of rotatable bonds is 4. The Hall–Kier alpha value is -2.76. The van der Waals surface area contributed by atoms with Crippen molar-refractivity contribution in [3.8, 4) is 0 Å². The van der Waals surface area contributed by atoms with Gasteiger partial charge in [0.05, 0.1) is 0 Å². The Balaban J connectivity index is 2.10. The molecular weight excluding hydrogens is 314 g/mol. The lowest BCUT2D eigenvalue weighted by molar-refractivity contribution is -0.144. The summed E-state index contributed by atoms with van der Waals surface area (Å²) in [5.41, 5.74) is 0.913. The molecule has 2 amide bonds. The largest absolute Gasteiger partial charge is 0.328 e. The van der Waals surface area contributed by atoms with Gasteiger partial charge in [0.15, 0.2) is 11.6 Å². The molecule has 4 nitrogen and oxygen atoms in total. The molecule has 1 N–H and O–H groups in total. The van der Waals surface area contributed by atoms with Crippen LogP contribution in [0.15, 0.2) is 48.5 Å². The quantitative estimate of drug-likeness (QED) is 0.873. The summed E-state index contributed by atoms with van der Waals surface area (Å²) < 4.78 is 26.1. The van der Waals surface area contributed by atoms with Crippen LogP contribution in [-0.4, -0.2) is 22.8 Å². The molecule has 24 heavy (non-hydrogen) atoms. The number of carbonyl (C=O) groups excluding carboxylic acids is 2. The molecule has 0 heterocycles. The summed E-state index contributed by atoms with van der Waals surface area (Å²) in [5.74, 6) is -3.75. The van der Waals surface area contributed by atoms with Crippen LogP contribution in [0.4, 0.5) is 14.5 Å². The van der Waals surface area contributed by atoms with Crippen LogP contribution in [-0.2, 0) is 16.1 Å². The lowest BCUT2D eigenvalue weighted by Crippen LogP contribution is -2.43. The summed E-state index contributed by atoms with van der Waals surface area (Å²) >= 11 is 0. The number of amides is 2. The van der Waals surface area contributed by atoms with Gasteiger partial charge in [-0.1, -0.05) is 30.3 Å². The third kappa shape index (κ3) is 4.38. The average molecular weight is 332 g/mol. The molecule has 0 aliphatic rings. The lowest BCUT2D eigenvalue weighted by Gasteiger charge is -2.26. The van der Waals surface area contributed by atoms with E-state index in [0.717, 1.165) is 17.7 Å². The van der Waals surface area contributed by atoms with E-state index in [1.165, 1.54) is 11.0 Å². The number of anilines is 1. The van der Waals surface area contributed by atoms with Gasteiger partial charge in [-0.25, -0.2) is 8.78 Å². The molecule has 126 valence electrons. The average Bonchev–Trinajstić information content (AvgIpc) is 2.56. The molecule has 0 spiro atoms. The molecule has 0 aromatic heterocycles. The maximum atomic E-state index is 13.2. The van der Waals surface area contributed by atoms with Crippen LogP contribution in [0.25, 0.3) is 0 Å². The molecule has 0 unspecified atom stereocenters. The zero-order chi connectivity index (χ0) is 17.7. The number of halogens is 2. The van der Waals surface area contributed by atoms with Crippen molar-refractivity contribution in [2.75, 3.05) is 5.32 Å². The molecule has 2 aromatic rings. The predicted molar refractivity (Wildman–Crippen MR) is 87.1 cm³/mol. The van der Waals surface area contributed by atoms with E-state index < -0.39 is 23.4 Å². The Morgan fingerprint density at radius 3 is 2.29 bits per heavy atom. The number of benzene rings is 2. The van der Waals surface area contributed by atoms with Crippen molar-refractivity contribution in [3.05, 3.63) is 65.7 Å². The summed E-state index contributed by atoms with van der Waals surface area (Å²) in [6, 6.07) is 12.0. The molecule has 0 saturated heterocycles. The van der Waals surface area contributed by atoms with E-state index in [1.54, 1.807) is 13.8 Å². The van der Waals surface area contributed by atoms with E-state index in [1.807, 2.05) is 30.3 Å². The summed E-state index contributed by atoms with van der Waals surface area (Å²) in [5, 5.41) is 2.29. The van der Waals surface area contributed by atoms with E-state index in [2.05, 4.69) is 5.32 Å². The van der Waals surface area contributed by atoms with Crippen LogP contribution < -0.4 is 5.32 Å². The van der Waals surface area contributed by atoms with Gasteiger partial charge in [-0.2, -0.15) is 0 Å². The minimum atomic E-state index is -1.09. The normalized spacial score (nSPS) is 10.5. The van der Waals surface area contributed by atoms with Crippen molar-refractivity contribution in [1.29, 1.82) is 0 Å². The zero-order valence-corrected chi connectivity index (χ0v) is 13.4. The predicted octanol–water partition coefficient (Wildman–Crippen LogP) is 3.34. The summed E-state index contributed by atoms with van der Waals surface area (Å²) in [6.07, 6.45) is 0. The first-order valence-corrected chi connectivity index (χ1v) is 7.49. The minimum absolute atomic E-state index is 0.0238. The van der Waals surface area contributed by atoms with Crippen LogP contribution in [0, 0.1) is 11.6 Å². The third-order valence-electron chi connectivity index (χ3n) is 3.45. The van der Waals surface area contributed by atoms with Crippen molar-refractivity contribution in [2.24, 2.45) is 0 Å². The van der Waals surface area contributed by atoms with Crippen molar-refractivity contribution in [2.45, 2.75) is 26.4 Å². The van der Waals surface area contributed by atoms with Crippen LogP contribution in [0.3, 0.4) is 0 Å². The van der Waals surface area contributed by atoms with Crippen LogP contribution in [0.2, 0.25) is 0 Å². The molecule has 0 aliphatic carbocycles. The Morgan fingerprint density at radius 2 is 1.71 bits per heavy atom. The van der Waals surface area contributed by atoms with E-state index >= 15 is 0 Å². The van der Waals surface area contributed by atoms with Gasteiger partial charge in [0, 0.05) is 24.3 Å². The third-order valence-corrected chi connectivity index (χ3v) is 3.45. The number of nitrogens with one attached hydrogen (secondary N) is 1. The van der Waals surface area contributed by atoms with Crippen molar-refractivity contribution < 1.29 is 18.4 Å². The topological polar surface area (TPSA) is 49.4 Å². The highest BCUT2D eigenvalue weighted by atomic mass is 19.2. The monoisotopic (exact) mass is 332 g/mol. The summed E-state index contributed by atoms with van der Waals surface area (Å²) in [7, 11) is 0. The molecule has 0 radical (unpaired) electrons. The van der Waals surface area contributed by atoms with Gasteiger partial charge in [0.2, 0.25) is 0 Å². The summed E-state index contributed by atoms with van der Waals surface area (Å²) in [4.78, 5) is 25.9. The highest BCUT2D eigenvalue weighted by molar-refractivity contribution is 6.39. The smallest absolute Gasteiger partial charge is 0.313 e. The van der Waals surface area contributed by atoms with E-state index in [9.17, 15) is 18.4 Å². The number of hydrogen-bond acceptors (Lipinski definition) is 2. The summed E-state index contributed by atoms with van der Waals surface area (Å²) in [6.45, 7) is 3.87. The first-order valence-electron chi connectivity index (χ1n) is 7.49. The number of nitrogens with zero attached hydrogens (tertiary/aromatic N) is 1. The molecule has 0 atom stereocenters. The van der Waals surface area contributed by atoms with Crippen molar-refractivity contribution in [1.82, 2.24) is 4.90 Å². The van der Waals surface area contributed by atoms with Gasteiger partial charge in [-0.15, -0.1) is 0 Å². The number of hydrogen-bond donors (Lipinski definition) is 1. The number of carbonyl (C=O) groups is 2. The van der Waals surface area contributed by atoms with E-state index in [-0.39, 0.29) is 18.3 Å². The maximum absolute atomic E-state index is 13.2. The Bertz CT molecular complexity index is 733. The van der Waals surface area contributed by atoms with Crippen LogP contribution in [0.5, 0.6) is 0 Å². The van der Waals surface area contributed by atoms with Gasteiger partial charge >= 0.3 is 11.8 Å². The second kappa shape index (κ2) is 7.68. The maximum Gasteiger partial charge on any atom is 0.313 e. The highest BCUT2D eigenvalue weighted by Gasteiger charge is 2.24. The van der Waals surface area contributed by atoms with Gasteiger partial charge in [0.1, 0.15) is 0 Å². The van der Waals surface area contributed by atoms with Crippen LogP contribution in [0.1, 0.15) is 19.4 Å². The van der Waals surface area contributed by atoms with Crippen molar-refractivity contribution >= 4 is 17.5 Å². The molecule has 0 fully saturated rings. The molecule has 0 bridgehead atoms. The standard InChI is InChI=1S/C18H18F2N2O2/c1-12(2)22(11-13-6-4-3-5-7-13)18(24)17(23)21-14-8-9-15(19)16(20)10-14/h3-10,12H,11H2,1-2H3,(H,21,23). The van der Waals surface area contributed by atoms with Gasteiger partial charge in [-0.3, -0.25) is 9.59 Å².